The molecule has 1 aliphatic heterocycles. The lowest BCUT2D eigenvalue weighted by Gasteiger charge is -2.27. The number of furan rings is 1. The van der Waals surface area contributed by atoms with E-state index in [1.807, 2.05) is 18.2 Å². The van der Waals surface area contributed by atoms with E-state index in [1.54, 1.807) is 18.0 Å². The van der Waals surface area contributed by atoms with Crippen molar-refractivity contribution >= 4 is 17.7 Å². The molecule has 5 nitrogen and oxygen atoms in total. The molecule has 112 valence electrons. The maximum absolute atomic E-state index is 5.48. The Labute approximate surface area is 129 Å². The normalized spacial score (nSPS) is 15.3. The average molecular weight is 304 g/mol. The monoisotopic (exact) mass is 304 g/mol. The van der Waals surface area contributed by atoms with Crippen LogP contribution in [0.4, 0.5) is 5.95 Å². The second-order valence-corrected chi connectivity index (χ2v) is 6.08. The van der Waals surface area contributed by atoms with Gasteiger partial charge in [0, 0.05) is 18.8 Å². The zero-order valence-electron chi connectivity index (χ0n) is 12.1. The minimum Gasteiger partial charge on any atom is -0.467 e. The van der Waals surface area contributed by atoms with Crippen LogP contribution < -0.4 is 4.90 Å². The molecule has 2 aromatic rings. The van der Waals surface area contributed by atoms with Crippen molar-refractivity contribution in [3.8, 4) is 0 Å². The Hall–Kier alpha value is -1.69. The molecular formula is C15H20N4OS. The van der Waals surface area contributed by atoms with Gasteiger partial charge in [0.2, 0.25) is 5.95 Å². The third-order valence-corrected chi connectivity index (χ3v) is 4.52. The summed E-state index contributed by atoms with van der Waals surface area (Å²) in [5.74, 6) is 2.71. The molecule has 3 rings (SSSR count). The molecule has 0 aromatic carbocycles. The Bertz CT molecular complexity index is 573. The van der Waals surface area contributed by atoms with Crippen LogP contribution in [-0.4, -0.2) is 33.6 Å². The van der Waals surface area contributed by atoms with Crippen LogP contribution in [-0.2, 0) is 6.54 Å². The first-order valence-corrected chi connectivity index (χ1v) is 8.31. The van der Waals surface area contributed by atoms with Crippen molar-refractivity contribution in [2.24, 2.45) is 0 Å². The van der Waals surface area contributed by atoms with Gasteiger partial charge in [-0.3, -0.25) is 4.57 Å². The summed E-state index contributed by atoms with van der Waals surface area (Å²) < 4.78 is 7.64. The van der Waals surface area contributed by atoms with Crippen LogP contribution in [0.2, 0.25) is 0 Å². The molecule has 0 aliphatic carbocycles. The van der Waals surface area contributed by atoms with Crippen LogP contribution in [0.3, 0.4) is 0 Å². The second kappa shape index (κ2) is 6.85. The number of piperidine rings is 1. The van der Waals surface area contributed by atoms with Gasteiger partial charge in [-0.2, -0.15) is 0 Å². The van der Waals surface area contributed by atoms with Gasteiger partial charge in [0.25, 0.3) is 0 Å². The molecular weight excluding hydrogens is 284 g/mol. The zero-order chi connectivity index (χ0) is 14.5. The molecule has 1 saturated heterocycles. The van der Waals surface area contributed by atoms with E-state index in [0.29, 0.717) is 6.54 Å². The van der Waals surface area contributed by atoms with E-state index in [4.69, 9.17) is 4.42 Å². The second-order valence-electron chi connectivity index (χ2n) is 5.10. The molecule has 21 heavy (non-hydrogen) atoms. The highest BCUT2D eigenvalue weighted by molar-refractivity contribution is 7.99. The van der Waals surface area contributed by atoms with Crippen LogP contribution >= 0.6 is 11.8 Å². The van der Waals surface area contributed by atoms with Crippen molar-refractivity contribution < 1.29 is 4.42 Å². The molecule has 1 aliphatic rings. The van der Waals surface area contributed by atoms with Crippen molar-refractivity contribution in [2.45, 2.75) is 31.0 Å². The predicted octanol–water partition coefficient (Wildman–Crippen LogP) is 3.19. The smallest absolute Gasteiger partial charge is 0.228 e. The summed E-state index contributed by atoms with van der Waals surface area (Å²) in [6.07, 6.45) is 7.35. The fraction of sp³-hybridized carbons (Fsp3) is 0.467. The number of hydrogen-bond donors (Lipinski definition) is 0. The molecule has 2 aromatic heterocycles. The van der Waals surface area contributed by atoms with Crippen molar-refractivity contribution in [1.82, 2.24) is 14.8 Å². The van der Waals surface area contributed by atoms with Gasteiger partial charge in [0.15, 0.2) is 5.16 Å². The third kappa shape index (κ3) is 3.32. The van der Waals surface area contributed by atoms with Gasteiger partial charge in [-0.05, 0) is 31.4 Å². The minimum atomic E-state index is 0.672. The summed E-state index contributed by atoms with van der Waals surface area (Å²) in [6.45, 7) is 6.56. The van der Waals surface area contributed by atoms with Crippen molar-refractivity contribution in [3.05, 3.63) is 36.8 Å². The molecule has 1 fully saturated rings. The minimum absolute atomic E-state index is 0.672. The van der Waals surface area contributed by atoms with E-state index in [9.17, 15) is 0 Å². The molecule has 6 heteroatoms. The summed E-state index contributed by atoms with van der Waals surface area (Å²) in [6, 6.07) is 3.90. The van der Waals surface area contributed by atoms with Crippen LogP contribution in [0.15, 0.2) is 40.6 Å². The maximum atomic E-state index is 5.48. The Kier molecular flexibility index (Phi) is 4.65. The summed E-state index contributed by atoms with van der Waals surface area (Å²) in [7, 11) is 0. The molecule has 0 spiro atoms. The fourth-order valence-electron chi connectivity index (χ4n) is 2.55. The maximum Gasteiger partial charge on any atom is 0.228 e. The van der Waals surface area contributed by atoms with Crippen molar-refractivity contribution in [3.63, 3.8) is 0 Å². The standard InChI is InChI=1S/C15H20N4OS/c1-2-11-21-15-17-16-14(18-8-4-3-5-9-18)19(15)12-13-7-6-10-20-13/h2,6-7,10H,1,3-5,8-9,11-12H2. The molecule has 0 saturated carbocycles. The van der Waals surface area contributed by atoms with Crippen LogP contribution in [0.1, 0.15) is 25.0 Å². The lowest BCUT2D eigenvalue weighted by molar-refractivity contribution is 0.479. The van der Waals surface area contributed by atoms with Crippen LogP contribution in [0.25, 0.3) is 0 Å². The highest BCUT2D eigenvalue weighted by Crippen LogP contribution is 2.25. The number of aromatic nitrogens is 3. The number of rotatable bonds is 6. The van der Waals surface area contributed by atoms with Crippen LogP contribution in [0, 0.1) is 0 Å². The van der Waals surface area contributed by atoms with Crippen molar-refractivity contribution in [1.29, 1.82) is 0 Å². The third-order valence-electron chi connectivity index (χ3n) is 3.56. The van der Waals surface area contributed by atoms with E-state index in [0.717, 1.165) is 35.7 Å². The van der Waals surface area contributed by atoms with Gasteiger partial charge in [0.05, 0.1) is 12.8 Å². The quantitative estimate of drug-likeness (QED) is 0.606. The SMILES string of the molecule is C=CCSc1nnc(N2CCCCC2)n1Cc1ccco1. The number of thioether (sulfide) groups is 1. The lowest BCUT2D eigenvalue weighted by atomic mass is 10.1. The Morgan fingerprint density at radius 1 is 1.29 bits per heavy atom. The molecule has 3 heterocycles. The average Bonchev–Trinajstić information content (AvgIpc) is 3.17. The van der Waals surface area contributed by atoms with Gasteiger partial charge < -0.3 is 9.32 Å². The summed E-state index contributed by atoms with van der Waals surface area (Å²) in [4.78, 5) is 2.33. The summed E-state index contributed by atoms with van der Waals surface area (Å²) in [5.41, 5.74) is 0. The zero-order valence-corrected chi connectivity index (χ0v) is 12.9. The molecule has 0 amide bonds. The van der Waals surface area contributed by atoms with E-state index < -0.39 is 0 Å². The van der Waals surface area contributed by atoms with E-state index >= 15 is 0 Å². The molecule has 0 atom stereocenters. The Morgan fingerprint density at radius 2 is 2.14 bits per heavy atom. The topological polar surface area (TPSA) is 47.1 Å². The van der Waals surface area contributed by atoms with Crippen molar-refractivity contribution in [2.75, 3.05) is 23.7 Å². The van der Waals surface area contributed by atoms with E-state index in [-0.39, 0.29) is 0 Å². The van der Waals surface area contributed by atoms with Gasteiger partial charge >= 0.3 is 0 Å². The highest BCUT2D eigenvalue weighted by atomic mass is 32.2. The highest BCUT2D eigenvalue weighted by Gasteiger charge is 2.20. The first-order chi connectivity index (χ1) is 10.4. The Morgan fingerprint density at radius 3 is 2.86 bits per heavy atom. The van der Waals surface area contributed by atoms with Crippen LogP contribution in [0.5, 0.6) is 0 Å². The number of hydrogen-bond acceptors (Lipinski definition) is 5. The van der Waals surface area contributed by atoms with Gasteiger partial charge in [0.1, 0.15) is 5.76 Å². The summed E-state index contributed by atoms with van der Waals surface area (Å²) >= 11 is 1.66. The first-order valence-electron chi connectivity index (χ1n) is 7.32. The van der Waals surface area contributed by atoms with Gasteiger partial charge in [-0.1, -0.05) is 17.8 Å². The van der Waals surface area contributed by atoms with E-state index in [1.165, 1.54) is 19.3 Å². The molecule has 0 bridgehead atoms. The van der Waals surface area contributed by atoms with Gasteiger partial charge in [-0.25, -0.2) is 0 Å². The summed E-state index contributed by atoms with van der Waals surface area (Å²) in [5, 5.41) is 9.69. The van der Waals surface area contributed by atoms with Gasteiger partial charge in [-0.15, -0.1) is 16.8 Å². The Balaban J connectivity index is 1.86. The largest absolute Gasteiger partial charge is 0.467 e. The fourth-order valence-corrected chi connectivity index (χ4v) is 3.21. The molecule has 0 radical (unpaired) electrons. The molecule has 0 unspecified atom stereocenters. The predicted molar refractivity (Wildman–Crippen MR) is 84.8 cm³/mol. The lowest BCUT2D eigenvalue weighted by Crippen LogP contribution is -2.32. The number of nitrogens with zero attached hydrogens (tertiary/aromatic N) is 4. The van der Waals surface area contributed by atoms with E-state index in [2.05, 4.69) is 26.2 Å². The molecule has 0 N–H and O–H groups in total. The number of anilines is 1. The first kappa shape index (κ1) is 14.3.